The van der Waals surface area contributed by atoms with Crippen LogP contribution in [0.1, 0.15) is 50.5 Å². The summed E-state index contributed by atoms with van der Waals surface area (Å²) >= 11 is 1.83. The van der Waals surface area contributed by atoms with Gasteiger partial charge in [0.25, 0.3) is 0 Å². The molecule has 2 heteroatoms. The summed E-state index contributed by atoms with van der Waals surface area (Å²) in [7, 11) is 0. The lowest BCUT2D eigenvalue weighted by Crippen LogP contribution is -2.47. The summed E-state index contributed by atoms with van der Waals surface area (Å²) in [5.41, 5.74) is 2.04. The Balaban J connectivity index is 1.66. The van der Waals surface area contributed by atoms with E-state index in [0.29, 0.717) is 5.54 Å². The molecule has 3 rings (SSSR count). The topological polar surface area (TPSA) is 12.0 Å². The van der Waals surface area contributed by atoms with Crippen molar-refractivity contribution >= 4 is 11.3 Å². The second-order valence-electron chi connectivity index (χ2n) is 5.80. The molecule has 1 aliphatic carbocycles. The Bertz CT molecular complexity index is 332. The largest absolute Gasteiger partial charge is 0.311 e. The van der Waals surface area contributed by atoms with Gasteiger partial charge in [-0.15, -0.1) is 0 Å². The summed E-state index contributed by atoms with van der Waals surface area (Å²) in [4.78, 5) is 0. The normalized spacial score (nSPS) is 30.1. The standard InChI is InChI=1S/C15H23NS/c1-2-8-15(14-4-5-14,16-10-3-1)9-6-13-7-11-17-12-13/h7,11-12,14,16H,1-6,8-10H2. The van der Waals surface area contributed by atoms with Gasteiger partial charge in [-0.2, -0.15) is 11.3 Å². The van der Waals surface area contributed by atoms with Crippen LogP contribution >= 0.6 is 11.3 Å². The molecule has 1 unspecified atom stereocenters. The van der Waals surface area contributed by atoms with Crippen molar-refractivity contribution in [3.05, 3.63) is 22.4 Å². The van der Waals surface area contributed by atoms with E-state index in [9.17, 15) is 0 Å². The molecule has 0 amide bonds. The summed E-state index contributed by atoms with van der Waals surface area (Å²) in [6, 6.07) is 2.29. The van der Waals surface area contributed by atoms with Gasteiger partial charge in [0.15, 0.2) is 0 Å². The van der Waals surface area contributed by atoms with E-state index in [2.05, 4.69) is 22.1 Å². The average Bonchev–Trinajstić information content (AvgIpc) is 3.11. The second-order valence-corrected chi connectivity index (χ2v) is 6.58. The van der Waals surface area contributed by atoms with Crippen LogP contribution in [-0.2, 0) is 6.42 Å². The van der Waals surface area contributed by atoms with Gasteiger partial charge in [-0.1, -0.05) is 12.8 Å². The van der Waals surface area contributed by atoms with Gasteiger partial charge in [-0.25, -0.2) is 0 Å². The number of rotatable bonds is 4. The Morgan fingerprint density at radius 2 is 2.24 bits per heavy atom. The highest BCUT2D eigenvalue weighted by atomic mass is 32.1. The van der Waals surface area contributed by atoms with Crippen molar-refractivity contribution in [2.24, 2.45) is 5.92 Å². The average molecular weight is 249 g/mol. The predicted molar refractivity (Wildman–Crippen MR) is 74.6 cm³/mol. The van der Waals surface area contributed by atoms with Crippen molar-refractivity contribution in [1.82, 2.24) is 5.32 Å². The van der Waals surface area contributed by atoms with E-state index < -0.39 is 0 Å². The molecule has 1 saturated heterocycles. The van der Waals surface area contributed by atoms with Gasteiger partial charge in [0.2, 0.25) is 0 Å². The van der Waals surface area contributed by atoms with E-state index in [1.165, 1.54) is 57.9 Å². The van der Waals surface area contributed by atoms with E-state index in [-0.39, 0.29) is 0 Å². The zero-order valence-electron chi connectivity index (χ0n) is 10.6. The predicted octanol–water partition coefficient (Wildman–Crippen LogP) is 3.99. The van der Waals surface area contributed by atoms with Gasteiger partial charge >= 0.3 is 0 Å². The minimum absolute atomic E-state index is 0.498. The Morgan fingerprint density at radius 1 is 1.29 bits per heavy atom. The van der Waals surface area contributed by atoms with Gasteiger partial charge in [0.1, 0.15) is 0 Å². The van der Waals surface area contributed by atoms with Crippen LogP contribution in [0.4, 0.5) is 0 Å². The fraction of sp³-hybridized carbons (Fsp3) is 0.733. The first-order chi connectivity index (χ1) is 8.39. The summed E-state index contributed by atoms with van der Waals surface area (Å²) in [5, 5.41) is 8.45. The maximum absolute atomic E-state index is 3.92. The molecule has 2 heterocycles. The van der Waals surface area contributed by atoms with Crippen LogP contribution < -0.4 is 5.32 Å². The molecule has 1 N–H and O–H groups in total. The molecule has 0 radical (unpaired) electrons. The molecule has 1 atom stereocenters. The van der Waals surface area contributed by atoms with Crippen LogP contribution in [0.25, 0.3) is 0 Å². The number of hydrogen-bond donors (Lipinski definition) is 1. The van der Waals surface area contributed by atoms with Gasteiger partial charge < -0.3 is 5.32 Å². The Hall–Kier alpha value is -0.340. The van der Waals surface area contributed by atoms with E-state index in [4.69, 9.17) is 0 Å². The smallest absolute Gasteiger partial charge is 0.0212 e. The summed E-state index contributed by atoms with van der Waals surface area (Å²) < 4.78 is 0. The summed E-state index contributed by atoms with van der Waals surface area (Å²) in [5.74, 6) is 0.985. The van der Waals surface area contributed by atoms with Crippen LogP contribution in [0.15, 0.2) is 16.8 Å². The fourth-order valence-corrected chi connectivity index (χ4v) is 4.08. The van der Waals surface area contributed by atoms with Crippen molar-refractivity contribution in [3.8, 4) is 0 Å². The molecule has 0 aromatic carbocycles. The van der Waals surface area contributed by atoms with Crippen LogP contribution in [0, 0.1) is 5.92 Å². The summed E-state index contributed by atoms with van der Waals surface area (Å²) in [6.45, 7) is 1.25. The first-order valence-electron chi connectivity index (χ1n) is 7.15. The van der Waals surface area contributed by atoms with E-state index in [0.717, 1.165) is 5.92 Å². The molecule has 2 fully saturated rings. The van der Waals surface area contributed by atoms with Crippen molar-refractivity contribution < 1.29 is 0 Å². The Morgan fingerprint density at radius 3 is 3.00 bits per heavy atom. The lowest BCUT2D eigenvalue weighted by molar-refractivity contribution is 0.253. The maximum atomic E-state index is 3.92. The van der Waals surface area contributed by atoms with Gasteiger partial charge in [0, 0.05) is 5.54 Å². The van der Waals surface area contributed by atoms with Crippen LogP contribution in [0.2, 0.25) is 0 Å². The third kappa shape index (κ3) is 2.74. The molecule has 1 aliphatic heterocycles. The molecule has 0 bridgehead atoms. The first-order valence-corrected chi connectivity index (χ1v) is 8.09. The number of thiophene rings is 1. The van der Waals surface area contributed by atoms with Gasteiger partial charge in [-0.3, -0.25) is 0 Å². The van der Waals surface area contributed by atoms with Crippen molar-refractivity contribution in [3.63, 3.8) is 0 Å². The minimum Gasteiger partial charge on any atom is -0.311 e. The van der Waals surface area contributed by atoms with Crippen LogP contribution in [0.5, 0.6) is 0 Å². The molecule has 2 aliphatic rings. The molecule has 1 saturated carbocycles. The first kappa shape index (κ1) is 11.7. The molecule has 17 heavy (non-hydrogen) atoms. The molecule has 1 nitrogen and oxygen atoms in total. The third-order valence-corrected chi connectivity index (χ3v) is 5.31. The zero-order valence-corrected chi connectivity index (χ0v) is 11.4. The number of aryl methyl sites for hydroxylation is 1. The van der Waals surface area contributed by atoms with Crippen molar-refractivity contribution in [2.45, 2.75) is 56.9 Å². The van der Waals surface area contributed by atoms with Gasteiger partial charge in [0.05, 0.1) is 0 Å². The zero-order chi connectivity index (χ0) is 11.6. The molecular weight excluding hydrogens is 226 g/mol. The van der Waals surface area contributed by atoms with Crippen LogP contribution in [0.3, 0.4) is 0 Å². The number of hydrogen-bond acceptors (Lipinski definition) is 2. The highest BCUT2D eigenvalue weighted by Crippen LogP contribution is 2.45. The minimum atomic E-state index is 0.498. The lowest BCUT2D eigenvalue weighted by atomic mass is 9.83. The quantitative estimate of drug-likeness (QED) is 0.850. The molecule has 1 aromatic rings. The SMILES string of the molecule is c1cc(CCC2(C3CC3)CCCCCN2)cs1. The summed E-state index contributed by atoms with van der Waals surface area (Å²) in [6.07, 6.45) is 11.2. The van der Waals surface area contributed by atoms with Crippen LogP contribution in [-0.4, -0.2) is 12.1 Å². The van der Waals surface area contributed by atoms with Crippen molar-refractivity contribution in [1.29, 1.82) is 0 Å². The highest BCUT2D eigenvalue weighted by Gasteiger charge is 2.44. The molecule has 1 aromatic heterocycles. The van der Waals surface area contributed by atoms with E-state index in [1.54, 1.807) is 5.56 Å². The molecule has 94 valence electrons. The molecule has 0 spiro atoms. The monoisotopic (exact) mass is 249 g/mol. The lowest BCUT2D eigenvalue weighted by Gasteiger charge is -2.34. The third-order valence-electron chi connectivity index (χ3n) is 4.58. The highest BCUT2D eigenvalue weighted by molar-refractivity contribution is 7.07. The fourth-order valence-electron chi connectivity index (χ4n) is 3.37. The van der Waals surface area contributed by atoms with E-state index >= 15 is 0 Å². The Labute approximate surface area is 109 Å². The Kier molecular flexibility index (Phi) is 3.53. The van der Waals surface area contributed by atoms with E-state index in [1.807, 2.05) is 11.3 Å². The number of nitrogens with one attached hydrogen (secondary N) is 1. The molecular formula is C15H23NS. The van der Waals surface area contributed by atoms with Crippen molar-refractivity contribution in [2.75, 3.05) is 6.54 Å². The second kappa shape index (κ2) is 5.11. The maximum Gasteiger partial charge on any atom is 0.0212 e. The van der Waals surface area contributed by atoms with Gasteiger partial charge in [-0.05, 0) is 73.4 Å².